The lowest BCUT2D eigenvalue weighted by atomic mass is 10.1. The number of pyridine rings is 1. The molecular formula is C21H23FN4O. The lowest BCUT2D eigenvalue weighted by molar-refractivity contribution is 0.202. The van der Waals surface area contributed by atoms with Crippen LogP contribution in [-0.2, 0) is 6.54 Å². The molecular weight excluding hydrogens is 343 g/mol. The molecule has 27 heavy (non-hydrogen) atoms. The SMILES string of the molecule is CN(C)CCN(Cc1ccc(F)cc1)C(=O)Nc1cccc2cnccc12. The number of carbonyl (C=O) groups is 1. The number of hydrogen-bond donors (Lipinski definition) is 1. The van der Waals surface area contributed by atoms with E-state index in [-0.39, 0.29) is 11.8 Å². The highest BCUT2D eigenvalue weighted by molar-refractivity contribution is 6.01. The summed E-state index contributed by atoms with van der Waals surface area (Å²) in [6, 6.07) is 13.7. The zero-order valence-corrected chi connectivity index (χ0v) is 15.5. The number of nitrogens with zero attached hydrogens (tertiary/aromatic N) is 3. The topological polar surface area (TPSA) is 48.5 Å². The van der Waals surface area contributed by atoms with Gasteiger partial charge in [-0.3, -0.25) is 4.98 Å². The van der Waals surface area contributed by atoms with Crippen LogP contribution in [0.15, 0.2) is 60.9 Å². The lowest BCUT2D eigenvalue weighted by Gasteiger charge is -2.25. The summed E-state index contributed by atoms with van der Waals surface area (Å²) >= 11 is 0. The van der Waals surface area contributed by atoms with Gasteiger partial charge < -0.3 is 15.1 Å². The number of aromatic nitrogens is 1. The third-order valence-electron chi connectivity index (χ3n) is 4.31. The first-order valence-corrected chi connectivity index (χ1v) is 8.81. The molecule has 140 valence electrons. The zero-order chi connectivity index (χ0) is 19.2. The molecule has 1 N–H and O–H groups in total. The largest absolute Gasteiger partial charge is 0.322 e. The Balaban J connectivity index is 1.79. The number of hydrogen-bond acceptors (Lipinski definition) is 3. The number of anilines is 1. The summed E-state index contributed by atoms with van der Waals surface area (Å²) in [5, 5.41) is 4.91. The van der Waals surface area contributed by atoms with Crippen LogP contribution in [0.4, 0.5) is 14.9 Å². The van der Waals surface area contributed by atoms with Crippen molar-refractivity contribution in [3.8, 4) is 0 Å². The minimum atomic E-state index is -0.285. The second-order valence-corrected chi connectivity index (χ2v) is 6.68. The van der Waals surface area contributed by atoms with E-state index in [4.69, 9.17) is 0 Å². The maximum atomic E-state index is 13.2. The molecule has 0 bridgehead atoms. The van der Waals surface area contributed by atoms with Crippen molar-refractivity contribution in [3.05, 3.63) is 72.3 Å². The third kappa shape index (κ3) is 5.01. The fourth-order valence-electron chi connectivity index (χ4n) is 2.81. The predicted molar refractivity (Wildman–Crippen MR) is 106 cm³/mol. The Labute approximate surface area is 158 Å². The first-order valence-electron chi connectivity index (χ1n) is 8.81. The number of benzene rings is 2. The zero-order valence-electron chi connectivity index (χ0n) is 15.5. The quantitative estimate of drug-likeness (QED) is 0.718. The van der Waals surface area contributed by atoms with Crippen molar-refractivity contribution in [1.82, 2.24) is 14.8 Å². The van der Waals surface area contributed by atoms with Gasteiger partial charge in [0.05, 0.1) is 5.69 Å². The summed E-state index contributed by atoms with van der Waals surface area (Å²) in [4.78, 5) is 20.8. The van der Waals surface area contributed by atoms with Gasteiger partial charge in [-0.05, 0) is 43.9 Å². The molecule has 0 saturated carbocycles. The molecule has 0 aliphatic rings. The number of rotatable bonds is 6. The van der Waals surface area contributed by atoms with Crippen LogP contribution in [0.5, 0.6) is 0 Å². The third-order valence-corrected chi connectivity index (χ3v) is 4.31. The maximum absolute atomic E-state index is 13.2. The molecule has 0 spiro atoms. The Hall–Kier alpha value is -2.99. The van der Waals surface area contributed by atoms with Crippen LogP contribution >= 0.6 is 0 Å². The minimum Gasteiger partial charge on any atom is -0.319 e. The summed E-state index contributed by atoms with van der Waals surface area (Å²) < 4.78 is 13.2. The molecule has 3 aromatic rings. The Bertz CT molecular complexity index is 906. The molecule has 0 atom stereocenters. The van der Waals surface area contributed by atoms with Crippen LogP contribution in [0.2, 0.25) is 0 Å². The van der Waals surface area contributed by atoms with E-state index >= 15 is 0 Å². The van der Waals surface area contributed by atoms with E-state index in [1.807, 2.05) is 43.3 Å². The lowest BCUT2D eigenvalue weighted by Crippen LogP contribution is -2.39. The molecule has 2 amide bonds. The molecule has 0 fully saturated rings. The standard InChI is InChI=1S/C21H23FN4O/c1-25(2)12-13-26(15-16-6-8-18(22)9-7-16)21(27)24-20-5-3-4-17-14-23-11-10-19(17)20/h3-11,14H,12-13,15H2,1-2H3,(H,24,27). The van der Waals surface area contributed by atoms with E-state index < -0.39 is 0 Å². The molecule has 0 unspecified atom stereocenters. The highest BCUT2D eigenvalue weighted by Gasteiger charge is 2.15. The summed E-state index contributed by atoms with van der Waals surface area (Å²) in [6.45, 7) is 1.70. The van der Waals surface area contributed by atoms with Crippen LogP contribution in [0.1, 0.15) is 5.56 Å². The van der Waals surface area contributed by atoms with Gasteiger partial charge in [0.25, 0.3) is 0 Å². The Kier molecular flexibility index (Phi) is 5.98. The van der Waals surface area contributed by atoms with Gasteiger partial charge >= 0.3 is 6.03 Å². The van der Waals surface area contributed by atoms with Gasteiger partial charge in [0, 0.05) is 42.8 Å². The van der Waals surface area contributed by atoms with Crippen molar-refractivity contribution in [2.45, 2.75) is 6.54 Å². The predicted octanol–water partition coefficient (Wildman–Crippen LogP) is 3.97. The number of nitrogens with one attached hydrogen (secondary N) is 1. The van der Waals surface area contributed by atoms with Gasteiger partial charge in [-0.1, -0.05) is 24.3 Å². The van der Waals surface area contributed by atoms with Gasteiger partial charge in [-0.2, -0.15) is 0 Å². The van der Waals surface area contributed by atoms with E-state index in [2.05, 4.69) is 10.3 Å². The smallest absolute Gasteiger partial charge is 0.319 e. The van der Waals surface area contributed by atoms with Crippen molar-refractivity contribution < 1.29 is 9.18 Å². The molecule has 0 saturated heterocycles. The number of likely N-dealkylation sites (N-methyl/N-ethyl adjacent to an activating group) is 1. The second kappa shape index (κ2) is 8.60. The summed E-state index contributed by atoms with van der Waals surface area (Å²) in [5.41, 5.74) is 1.63. The van der Waals surface area contributed by atoms with Crippen molar-refractivity contribution in [2.75, 3.05) is 32.5 Å². The Morgan fingerprint density at radius 2 is 1.85 bits per heavy atom. The first-order chi connectivity index (χ1) is 13.0. The van der Waals surface area contributed by atoms with Crippen molar-refractivity contribution in [2.24, 2.45) is 0 Å². The molecule has 0 aliphatic carbocycles. The monoisotopic (exact) mass is 366 g/mol. The van der Waals surface area contributed by atoms with E-state index in [0.717, 1.165) is 28.6 Å². The first kappa shape index (κ1) is 18.8. The number of urea groups is 1. The fraction of sp³-hybridized carbons (Fsp3) is 0.238. The van der Waals surface area contributed by atoms with Gasteiger partial charge in [-0.15, -0.1) is 0 Å². The number of halogens is 1. The van der Waals surface area contributed by atoms with Crippen LogP contribution < -0.4 is 5.32 Å². The van der Waals surface area contributed by atoms with Gasteiger partial charge in [0.1, 0.15) is 5.82 Å². The van der Waals surface area contributed by atoms with Crippen LogP contribution in [0.25, 0.3) is 10.8 Å². The minimum absolute atomic E-state index is 0.189. The normalized spacial score (nSPS) is 11.0. The van der Waals surface area contributed by atoms with Gasteiger partial charge in [0.15, 0.2) is 0 Å². The second-order valence-electron chi connectivity index (χ2n) is 6.68. The molecule has 1 aromatic heterocycles. The number of carbonyl (C=O) groups excluding carboxylic acids is 1. The van der Waals surface area contributed by atoms with Gasteiger partial charge in [0.2, 0.25) is 0 Å². The Morgan fingerprint density at radius 3 is 2.59 bits per heavy atom. The maximum Gasteiger partial charge on any atom is 0.322 e. The molecule has 1 heterocycles. The summed E-state index contributed by atoms with van der Waals surface area (Å²) in [5.74, 6) is -0.285. The van der Waals surface area contributed by atoms with Crippen LogP contribution in [0, 0.1) is 5.82 Å². The number of amides is 2. The van der Waals surface area contributed by atoms with Crippen molar-refractivity contribution in [1.29, 1.82) is 0 Å². The van der Waals surface area contributed by atoms with Crippen LogP contribution in [0.3, 0.4) is 0 Å². The average molecular weight is 366 g/mol. The van der Waals surface area contributed by atoms with E-state index in [0.29, 0.717) is 13.1 Å². The molecule has 0 aliphatic heterocycles. The highest BCUT2D eigenvalue weighted by atomic mass is 19.1. The Morgan fingerprint density at radius 1 is 1.07 bits per heavy atom. The van der Waals surface area contributed by atoms with Crippen LogP contribution in [-0.4, -0.2) is 48.0 Å². The fourth-order valence-corrected chi connectivity index (χ4v) is 2.81. The molecule has 2 aromatic carbocycles. The van der Waals surface area contributed by atoms with Crippen molar-refractivity contribution >= 4 is 22.5 Å². The summed E-state index contributed by atoms with van der Waals surface area (Å²) in [6.07, 6.45) is 3.48. The van der Waals surface area contributed by atoms with E-state index in [1.165, 1.54) is 12.1 Å². The van der Waals surface area contributed by atoms with E-state index in [9.17, 15) is 9.18 Å². The average Bonchev–Trinajstić information content (AvgIpc) is 2.66. The molecule has 3 rings (SSSR count). The summed E-state index contributed by atoms with van der Waals surface area (Å²) in [7, 11) is 3.93. The molecule has 6 heteroatoms. The highest BCUT2D eigenvalue weighted by Crippen LogP contribution is 2.22. The van der Waals surface area contributed by atoms with Crippen molar-refractivity contribution in [3.63, 3.8) is 0 Å². The molecule has 0 radical (unpaired) electrons. The van der Waals surface area contributed by atoms with E-state index in [1.54, 1.807) is 29.4 Å². The van der Waals surface area contributed by atoms with Gasteiger partial charge in [-0.25, -0.2) is 9.18 Å². The molecule has 5 nitrogen and oxygen atoms in total. The number of fused-ring (bicyclic) bond motifs is 1.